The number of hydrogen-bond donors (Lipinski definition) is 1. The summed E-state index contributed by atoms with van der Waals surface area (Å²) in [6.45, 7) is 2.18. The highest BCUT2D eigenvalue weighted by Crippen LogP contribution is 2.42. The van der Waals surface area contributed by atoms with Gasteiger partial charge in [-0.15, -0.1) is 0 Å². The van der Waals surface area contributed by atoms with Crippen molar-refractivity contribution >= 4 is 5.97 Å². The van der Waals surface area contributed by atoms with Crippen LogP contribution in [0.3, 0.4) is 0 Å². The van der Waals surface area contributed by atoms with Gasteiger partial charge in [-0.1, -0.05) is 13.3 Å². The molecule has 2 rings (SSSR count). The Morgan fingerprint density at radius 1 is 1.39 bits per heavy atom. The lowest BCUT2D eigenvalue weighted by Crippen LogP contribution is -2.37. The average molecular weight is 248 g/mol. The normalized spacial score (nSPS) is 27.9. The number of aromatic nitrogens is 2. The van der Waals surface area contributed by atoms with E-state index in [1.54, 1.807) is 18.5 Å². The maximum absolute atomic E-state index is 11.6. The smallest absolute Gasteiger partial charge is 0.310 e. The second-order valence-corrected chi connectivity index (χ2v) is 5.28. The molecule has 1 aliphatic carbocycles. The third kappa shape index (κ3) is 2.68. The van der Waals surface area contributed by atoms with Crippen molar-refractivity contribution in [2.24, 2.45) is 11.3 Å². The van der Waals surface area contributed by atoms with Crippen molar-refractivity contribution in [1.29, 1.82) is 0 Å². The molecule has 0 amide bonds. The number of carboxylic acid groups (broad SMARTS) is 1. The Hall–Kier alpha value is -1.45. The van der Waals surface area contributed by atoms with E-state index in [1.165, 1.54) is 0 Å². The van der Waals surface area contributed by atoms with E-state index in [4.69, 9.17) is 0 Å². The zero-order valence-electron chi connectivity index (χ0n) is 10.8. The maximum Gasteiger partial charge on any atom is 0.310 e. The SMILES string of the molecule is CCC1CCC(Cc2ncccn2)(C(=O)O)CC1. The van der Waals surface area contributed by atoms with Crippen LogP contribution >= 0.6 is 0 Å². The Morgan fingerprint density at radius 2 is 2.00 bits per heavy atom. The van der Waals surface area contributed by atoms with E-state index in [0.29, 0.717) is 18.2 Å². The molecule has 0 saturated heterocycles. The lowest BCUT2D eigenvalue weighted by atomic mass is 9.68. The van der Waals surface area contributed by atoms with Crippen molar-refractivity contribution in [2.45, 2.75) is 45.4 Å². The van der Waals surface area contributed by atoms with Crippen LogP contribution in [-0.4, -0.2) is 21.0 Å². The summed E-state index contributed by atoms with van der Waals surface area (Å²) in [6.07, 6.45) is 8.48. The summed E-state index contributed by atoms with van der Waals surface area (Å²) in [5.41, 5.74) is -0.646. The zero-order valence-corrected chi connectivity index (χ0v) is 10.8. The molecule has 0 aliphatic heterocycles. The Labute approximate surface area is 107 Å². The molecule has 0 unspecified atom stereocenters. The Morgan fingerprint density at radius 3 is 2.50 bits per heavy atom. The maximum atomic E-state index is 11.6. The number of hydrogen-bond acceptors (Lipinski definition) is 3. The van der Waals surface area contributed by atoms with E-state index < -0.39 is 11.4 Å². The Bertz CT molecular complexity index is 398. The molecule has 0 radical (unpaired) electrons. The summed E-state index contributed by atoms with van der Waals surface area (Å²) in [7, 11) is 0. The Kier molecular flexibility index (Phi) is 3.94. The minimum atomic E-state index is -0.690. The highest BCUT2D eigenvalue weighted by atomic mass is 16.4. The summed E-state index contributed by atoms with van der Waals surface area (Å²) in [4.78, 5) is 20.0. The molecule has 1 N–H and O–H groups in total. The molecule has 0 spiro atoms. The van der Waals surface area contributed by atoms with Crippen molar-refractivity contribution in [2.75, 3.05) is 0 Å². The largest absolute Gasteiger partial charge is 0.481 e. The second kappa shape index (κ2) is 5.46. The van der Waals surface area contributed by atoms with E-state index in [0.717, 1.165) is 32.1 Å². The summed E-state index contributed by atoms with van der Waals surface area (Å²) >= 11 is 0. The third-order valence-electron chi connectivity index (χ3n) is 4.21. The third-order valence-corrected chi connectivity index (χ3v) is 4.21. The van der Waals surface area contributed by atoms with Gasteiger partial charge < -0.3 is 5.11 Å². The molecule has 98 valence electrons. The fraction of sp³-hybridized carbons (Fsp3) is 0.643. The first-order valence-corrected chi connectivity index (χ1v) is 6.65. The van der Waals surface area contributed by atoms with Gasteiger partial charge in [-0.3, -0.25) is 4.79 Å². The van der Waals surface area contributed by atoms with E-state index in [1.807, 2.05) is 0 Å². The van der Waals surface area contributed by atoms with Crippen molar-refractivity contribution in [1.82, 2.24) is 9.97 Å². The van der Waals surface area contributed by atoms with Gasteiger partial charge in [0.2, 0.25) is 0 Å². The van der Waals surface area contributed by atoms with Crippen molar-refractivity contribution in [3.63, 3.8) is 0 Å². The highest BCUT2D eigenvalue weighted by molar-refractivity contribution is 5.75. The van der Waals surface area contributed by atoms with Gasteiger partial charge in [0.1, 0.15) is 5.82 Å². The summed E-state index contributed by atoms with van der Waals surface area (Å²) in [5, 5.41) is 9.55. The van der Waals surface area contributed by atoms with Gasteiger partial charge >= 0.3 is 5.97 Å². The minimum Gasteiger partial charge on any atom is -0.481 e. The van der Waals surface area contributed by atoms with Crippen LogP contribution in [0.1, 0.15) is 44.9 Å². The molecule has 18 heavy (non-hydrogen) atoms. The summed E-state index contributed by atoms with van der Waals surface area (Å²) in [6, 6.07) is 1.75. The molecule has 1 aliphatic rings. The topological polar surface area (TPSA) is 63.1 Å². The molecular weight excluding hydrogens is 228 g/mol. The predicted octanol–water partition coefficient (Wildman–Crippen LogP) is 2.69. The molecule has 1 aromatic rings. The molecule has 0 atom stereocenters. The van der Waals surface area contributed by atoms with E-state index in [9.17, 15) is 9.90 Å². The van der Waals surface area contributed by atoms with Crippen LogP contribution in [-0.2, 0) is 11.2 Å². The molecule has 4 nitrogen and oxygen atoms in total. The molecule has 0 bridgehead atoms. The first-order chi connectivity index (χ1) is 8.66. The number of aliphatic carboxylic acids is 1. The van der Waals surface area contributed by atoms with Crippen molar-refractivity contribution in [3.05, 3.63) is 24.3 Å². The van der Waals surface area contributed by atoms with E-state index in [2.05, 4.69) is 16.9 Å². The monoisotopic (exact) mass is 248 g/mol. The van der Waals surface area contributed by atoms with Crippen LogP contribution in [0.4, 0.5) is 0 Å². The summed E-state index contributed by atoms with van der Waals surface area (Å²) in [5.74, 6) is 0.647. The van der Waals surface area contributed by atoms with Crippen LogP contribution in [0, 0.1) is 11.3 Å². The van der Waals surface area contributed by atoms with Crippen LogP contribution in [0.25, 0.3) is 0 Å². The minimum absolute atomic E-state index is 0.458. The molecule has 1 saturated carbocycles. The molecule has 1 heterocycles. The lowest BCUT2D eigenvalue weighted by molar-refractivity contribution is -0.151. The number of nitrogens with zero attached hydrogens (tertiary/aromatic N) is 2. The van der Waals surface area contributed by atoms with Gasteiger partial charge in [-0.25, -0.2) is 9.97 Å². The van der Waals surface area contributed by atoms with Crippen molar-refractivity contribution in [3.8, 4) is 0 Å². The molecule has 0 aromatic carbocycles. The number of rotatable bonds is 4. The van der Waals surface area contributed by atoms with Crippen LogP contribution in [0.15, 0.2) is 18.5 Å². The van der Waals surface area contributed by atoms with Gasteiger partial charge in [-0.2, -0.15) is 0 Å². The molecule has 4 heteroatoms. The van der Waals surface area contributed by atoms with Gasteiger partial charge in [0, 0.05) is 18.8 Å². The lowest BCUT2D eigenvalue weighted by Gasteiger charge is -2.36. The van der Waals surface area contributed by atoms with Gasteiger partial charge in [-0.05, 0) is 37.7 Å². The quantitative estimate of drug-likeness (QED) is 0.889. The summed E-state index contributed by atoms with van der Waals surface area (Å²) < 4.78 is 0. The van der Waals surface area contributed by atoms with Crippen LogP contribution in [0.2, 0.25) is 0 Å². The standard InChI is InChI=1S/C14H20N2O2/c1-2-11-4-6-14(7-5-11,13(17)18)10-12-15-8-3-9-16-12/h3,8-9,11H,2,4-7,10H2,1H3,(H,17,18). The molecule has 1 aromatic heterocycles. The Balaban J connectivity index is 2.12. The van der Waals surface area contributed by atoms with Crippen molar-refractivity contribution < 1.29 is 9.90 Å². The second-order valence-electron chi connectivity index (χ2n) is 5.28. The van der Waals surface area contributed by atoms with E-state index >= 15 is 0 Å². The first-order valence-electron chi connectivity index (χ1n) is 6.65. The number of carboxylic acids is 1. The molecular formula is C14H20N2O2. The van der Waals surface area contributed by atoms with Gasteiger partial charge in [0.15, 0.2) is 0 Å². The van der Waals surface area contributed by atoms with Crippen LogP contribution in [0.5, 0.6) is 0 Å². The fourth-order valence-corrected chi connectivity index (χ4v) is 2.83. The van der Waals surface area contributed by atoms with Gasteiger partial charge in [0.25, 0.3) is 0 Å². The van der Waals surface area contributed by atoms with Crippen LogP contribution < -0.4 is 0 Å². The van der Waals surface area contributed by atoms with E-state index in [-0.39, 0.29) is 0 Å². The predicted molar refractivity (Wildman–Crippen MR) is 68.1 cm³/mol. The average Bonchev–Trinajstić information content (AvgIpc) is 2.40. The van der Waals surface area contributed by atoms with Gasteiger partial charge in [0.05, 0.1) is 5.41 Å². The highest BCUT2D eigenvalue weighted by Gasteiger charge is 2.42. The first kappa shape index (κ1) is 13.0. The fourth-order valence-electron chi connectivity index (χ4n) is 2.83. The molecule has 1 fully saturated rings. The zero-order chi connectivity index (χ0) is 13.0. The number of carbonyl (C=O) groups is 1.